The summed E-state index contributed by atoms with van der Waals surface area (Å²) in [5.74, 6) is -0.924. The number of thiophene rings is 1. The van der Waals surface area contributed by atoms with Crippen molar-refractivity contribution in [1.82, 2.24) is 0 Å². The number of hydrogen-bond acceptors (Lipinski definition) is 4. The molecule has 0 saturated heterocycles. The van der Waals surface area contributed by atoms with Gasteiger partial charge in [-0.25, -0.2) is 4.79 Å². The van der Waals surface area contributed by atoms with Gasteiger partial charge in [0.15, 0.2) is 0 Å². The Bertz CT molecular complexity index is 656. The molecule has 2 rings (SSSR count). The van der Waals surface area contributed by atoms with Gasteiger partial charge in [-0.2, -0.15) is 5.26 Å². The van der Waals surface area contributed by atoms with Crippen LogP contribution in [0, 0.1) is 18.3 Å². The van der Waals surface area contributed by atoms with Gasteiger partial charge in [-0.05, 0) is 42.8 Å². The number of nitrogens with one attached hydrogen (secondary N) is 1. The molecule has 1 heterocycles. The van der Waals surface area contributed by atoms with E-state index in [4.69, 9.17) is 10.4 Å². The number of carbonyl (C=O) groups is 1. The predicted molar refractivity (Wildman–Crippen MR) is 74.5 cm³/mol. The summed E-state index contributed by atoms with van der Waals surface area (Å²) in [6, 6.07) is 10.8. The van der Waals surface area contributed by atoms with Gasteiger partial charge >= 0.3 is 5.97 Å². The Morgan fingerprint density at radius 2 is 2.21 bits per heavy atom. The number of hydrogen-bond donors (Lipinski definition) is 2. The molecule has 0 aliphatic heterocycles. The Hall–Kier alpha value is -2.32. The van der Waals surface area contributed by atoms with Gasteiger partial charge in [0.25, 0.3) is 0 Å². The van der Waals surface area contributed by atoms with Crippen molar-refractivity contribution in [2.45, 2.75) is 13.5 Å². The van der Waals surface area contributed by atoms with Gasteiger partial charge in [0.2, 0.25) is 0 Å². The van der Waals surface area contributed by atoms with E-state index in [1.165, 1.54) is 11.3 Å². The van der Waals surface area contributed by atoms with Gasteiger partial charge in [-0.15, -0.1) is 11.3 Å². The number of aryl methyl sites for hydroxylation is 1. The zero-order valence-corrected chi connectivity index (χ0v) is 11.1. The molecule has 19 heavy (non-hydrogen) atoms. The summed E-state index contributed by atoms with van der Waals surface area (Å²) < 4.78 is 0. The molecule has 0 radical (unpaired) electrons. The van der Waals surface area contributed by atoms with Gasteiger partial charge in [0, 0.05) is 17.1 Å². The van der Waals surface area contributed by atoms with Crippen molar-refractivity contribution in [3.63, 3.8) is 0 Å². The number of benzene rings is 1. The molecule has 5 heteroatoms. The summed E-state index contributed by atoms with van der Waals surface area (Å²) in [7, 11) is 0. The number of anilines is 1. The predicted octanol–water partition coefficient (Wildman–Crippen LogP) is 3.24. The Balaban J connectivity index is 2.07. The maximum atomic E-state index is 10.8. The molecule has 96 valence electrons. The van der Waals surface area contributed by atoms with E-state index in [2.05, 4.69) is 11.4 Å². The molecule has 0 saturated carbocycles. The molecule has 0 aliphatic rings. The lowest BCUT2D eigenvalue weighted by Gasteiger charge is -2.09. The molecule has 0 atom stereocenters. The van der Waals surface area contributed by atoms with Crippen LogP contribution in [0.25, 0.3) is 0 Å². The number of carboxylic acids is 1. The van der Waals surface area contributed by atoms with Gasteiger partial charge in [-0.1, -0.05) is 0 Å². The van der Waals surface area contributed by atoms with Crippen LogP contribution in [0.2, 0.25) is 0 Å². The Labute approximate surface area is 114 Å². The maximum absolute atomic E-state index is 10.8. The van der Waals surface area contributed by atoms with Crippen LogP contribution in [0.15, 0.2) is 30.3 Å². The van der Waals surface area contributed by atoms with Crippen LogP contribution in [0.4, 0.5) is 5.69 Å². The van der Waals surface area contributed by atoms with Crippen LogP contribution in [-0.2, 0) is 6.54 Å². The summed E-state index contributed by atoms with van der Waals surface area (Å²) in [5.41, 5.74) is 2.07. The van der Waals surface area contributed by atoms with E-state index >= 15 is 0 Å². The molecule has 0 fully saturated rings. The van der Waals surface area contributed by atoms with Gasteiger partial charge in [0.1, 0.15) is 10.9 Å². The van der Waals surface area contributed by atoms with Crippen molar-refractivity contribution in [1.29, 1.82) is 5.26 Å². The molecule has 2 N–H and O–H groups in total. The summed E-state index contributed by atoms with van der Waals surface area (Å²) in [4.78, 5) is 12.6. The van der Waals surface area contributed by atoms with E-state index < -0.39 is 5.97 Å². The van der Waals surface area contributed by atoms with Crippen molar-refractivity contribution in [2.75, 3.05) is 5.32 Å². The molecule has 1 aromatic heterocycles. The molecule has 1 aromatic carbocycles. The number of aromatic carboxylic acids is 1. The molecule has 0 unspecified atom stereocenters. The van der Waals surface area contributed by atoms with E-state index in [-0.39, 0.29) is 5.56 Å². The summed E-state index contributed by atoms with van der Waals surface area (Å²) in [6.07, 6.45) is 0. The van der Waals surface area contributed by atoms with E-state index in [1.54, 1.807) is 24.3 Å². The molecule has 4 nitrogen and oxygen atoms in total. The quantitative estimate of drug-likeness (QED) is 0.896. The zero-order chi connectivity index (χ0) is 13.8. The highest BCUT2D eigenvalue weighted by molar-refractivity contribution is 7.12. The first-order valence-electron chi connectivity index (χ1n) is 5.67. The average Bonchev–Trinajstić information content (AvgIpc) is 2.85. The number of nitriles is 1. The molecule has 0 bridgehead atoms. The Morgan fingerprint density at radius 3 is 2.79 bits per heavy atom. The second kappa shape index (κ2) is 5.55. The van der Waals surface area contributed by atoms with Crippen LogP contribution in [0.5, 0.6) is 0 Å². The summed E-state index contributed by atoms with van der Waals surface area (Å²) in [6.45, 7) is 2.49. The lowest BCUT2D eigenvalue weighted by atomic mass is 10.1. The van der Waals surface area contributed by atoms with Crippen LogP contribution in [0.1, 0.15) is 25.7 Å². The third-order valence-electron chi connectivity index (χ3n) is 2.70. The Kier molecular flexibility index (Phi) is 3.83. The lowest BCUT2D eigenvalue weighted by Crippen LogP contribution is -2.02. The van der Waals surface area contributed by atoms with Gasteiger partial charge in [-0.3, -0.25) is 0 Å². The van der Waals surface area contributed by atoms with E-state index in [0.29, 0.717) is 11.4 Å². The van der Waals surface area contributed by atoms with Crippen molar-refractivity contribution >= 4 is 23.0 Å². The SMILES string of the molecule is Cc1cc(C(=O)O)ccc1NCc1ccc(C#N)s1. The third kappa shape index (κ3) is 3.12. The fourth-order valence-corrected chi connectivity index (χ4v) is 2.46. The minimum Gasteiger partial charge on any atom is -0.478 e. The molecule has 0 spiro atoms. The van der Waals surface area contributed by atoms with Crippen LogP contribution < -0.4 is 5.32 Å². The summed E-state index contributed by atoms with van der Waals surface area (Å²) in [5, 5.41) is 20.9. The monoisotopic (exact) mass is 272 g/mol. The number of carboxylic acid groups (broad SMARTS) is 1. The Morgan fingerprint density at radius 1 is 1.42 bits per heavy atom. The fourth-order valence-electron chi connectivity index (χ4n) is 1.71. The molecular weight excluding hydrogens is 260 g/mol. The molecule has 2 aromatic rings. The lowest BCUT2D eigenvalue weighted by molar-refractivity contribution is 0.0697. The second-order valence-electron chi connectivity index (χ2n) is 4.07. The van der Waals surface area contributed by atoms with E-state index in [9.17, 15) is 4.79 Å². The fraction of sp³-hybridized carbons (Fsp3) is 0.143. The van der Waals surface area contributed by atoms with Crippen LogP contribution in [0.3, 0.4) is 0 Å². The largest absolute Gasteiger partial charge is 0.478 e. The highest BCUT2D eigenvalue weighted by atomic mass is 32.1. The van der Waals surface area contributed by atoms with Crippen molar-refractivity contribution in [2.24, 2.45) is 0 Å². The smallest absolute Gasteiger partial charge is 0.335 e. The number of nitrogens with zero attached hydrogens (tertiary/aromatic N) is 1. The van der Waals surface area contributed by atoms with Crippen molar-refractivity contribution in [3.05, 3.63) is 51.2 Å². The average molecular weight is 272 g/mol. The molecule has 0 aliphatic carbocycles. The normalized spacial score (nSPS) is 9.89. The highest BCUT2D eigenvalue weighted by Gasteiger charge is 2.06. The van der Waals surface area contributed by atoms with Crippen LogP contribution in [-0.4, -0.2) is 11.1 Å². The van der Waals surface area contributed by atoms with E-state index in [1.807, 2.05) is 13.0 Å². The van der Waals surface area contributed by atoms with Crippen molar-refractivity contribution < 1.29 is 9.90 Å². The van der Waals surface area contributed by atoms with Crippen molar-refractivity contribution in [3.8, 4) is 6.07 Å². The highest BCUT2D eigenvalue weighted by Crippen LogP contribution is 2.20. The maximum Gasteiger partial charge on any atom is 0.335 e. The molecule has 0 amide bonds. The zero-order valence-electron chi connectivity index (χ0n) is 10.3. The third-order valence-corrected chi connectivity index (χ3v) is 3.69. The number of rotatable bonds is 4. The molecular formula is C14H12N2O2S. The standard InChI is InChI=1S/C14H12N2O2S/c1-9-6-10(14(17)18)2-5-13(9)16-8-12-4-3-11(7-15)19-12/h2-6,16H,8H2,1H3,(H,17,18). The first-order chi connectivity index (χ1) is 9.10. The topological polar surface area (TPSA) is 73.1 Å². The van der Waals surface area contributed by atoms with Crippen LogP contribution >= 0.6 is 11.3 Å². The minimum atomic E-state index is -0.924. The first kappa shape index (κ1) is 13.1. The second-order valence-corrected chi connectivity index (χ2v) is 5.23. The summed E-state index contributed by atoms with van der Waals surface area (Å²) >= 11 is 1.45. The van der Waals surface area contributed by atoms with Gasteiger partial charge in [0.05, 0.1) is 5.56 Å². The first-order valence-corrected chi connectivity index (χ1v) is 6.48. The minimum absolute atomic E-state index is 0.283. The van der Waals surface area contributed by atoms with E-state index in [0.717, 1.165) is 16.1 Å². The van der Waals surface area contributed by atoms with Gasteiger partial charge < -0.3 is 10.4 Å².